The molecule has 0 bridgehead atoms. The van der Waals surface area contributed by atoms with Crippen molar-refractivity contribution < 1.29 is 32.6 Å². The zero-order valence-electron chi connectivity index (χ0n) is 18.3. The number of aromatic nitrogens is 1. The van der Waals surface area contributed by atoms with Crippen molar-refractivity contribution in [1.29, 1.82) is 0 Å². The minimum atomic E-state index is -2.54. The Morgan fingerprint density at radius 3 is 2.81 bits per heavy atom. The molecule has 1 aliphatic heterocycles. The van der Waals surface area contributed by atoms with Crippen LogP contribution in [-0.4, -0.2) is 67.8 Å². The molecule has 1 amide bonds. The van der Waals surface area contributed by atoms with Gasteiger partial charge in [-0.25, -0.2) is 13.8 Å². The Bertz CT molecular complexity index is 743. The van der Waals surface area contributed by atoms with Gasteiger partial charge in [0.05, 0.1) is 12.3 Å². The molecule has 1 aromatic heterocycles. The summed E-state index contributed by atoms with van der Waals surface area (Å²) in [5, 5.41) is 3.32. The van der Waals surface area contributed by atoms with E-state index in [9.17, 15) is 18.4 Å². The molecule has 1 aromatic rings. The molecule has 180 valence electrons. The highest BCUT2D eigenvalue weighted by molar-refractivity contribution is 7.13. The second-order valence-corrected chi connectivity index (χ2v) is 9.27. The number of hydrogen-bond acceptors (Lipinski definition) is 8. The summed E-state index contributed by atoms with van der Waals surface area (Å²) >= 11 is 1.30. The van der Waals surface area contributed by atoms with Gasteiger partial charge >= 0.3 is 0 Å². The van der Waals surface area contributed by atoms with Gasteiger partial charge < -0.3 is 19.5 Å². The predicted octanol–water partition coefficient (Wildman–Crippen LogP) is 2.75. The molecule has 0 spiro atoms. The van der Waals surface area contributed by atoms with Gasteiger partial charge in [0.2, 0.25) is 5.91 Å². The monoisotopic (exact) mass is 475 g/mol. The first-order valence-electron chi connectivity index (χ1n) is 11.0. The first-order valence-corrected chi connectivity index (χ1v) is 11.8. The summed E-state index contributed by atoms with van der Waals surface area (Å²) < 4.78 is 40.2. The van der Waals surface area contributed by atoms with Gasteiger partial charge in [-0.05, 0) is 38.0 Å². The lowest BCUT2D eigenvalue weighted by molar-refractivity contribution is -0.147. The summed E-state index contributed by atoms with van der Waals surface area (Å²) in [5.74, 6) is 0.413. The normalized spacial score (nSPS) is 22.2. The molecule has 11 heteroatoms. The van der Waals surface area contributed by atoms with Crippen molar-refractivity contribution in [2.24, 2.45) is 5.92 Å². The average Bonchev–Trinajstić information content (AvgIpc) is 3.19. The van der Waals surface area contributed by atoms with E-state index in [1.165, 1.54) is 11.3 Å². The second kappa shape index (κ2) is 12.4. The van der Waals surface area contributed by atoms with E-state index < -0.39 is 13.0 Å². The Labute approximate surface area is 190 Å². The molecule has 0 radical (unpaired) electrons. The molecule has 32 heavy (non-hydrogen) atoms. The number of thiazole rings is 1. The number of carbonyl (C=O) groups excluding carboxylic acids is 2. The third-order valence-corrected chi connectivity index (χ3v) is 7.04. The number of rotatable bonds is 12. The maximum atomic E-state index is 12.4. The van der Waals surface area contributed by atoms with Crippen molar-refractivity contribution in [2.45, 2.75) is 70.2 Å². The minimum Gasteiger partial charge on any atom is -0.464 e. The van der Waals surface area contributed by atoms with Crippen molar-refractivity contribution in [3.05, 3.63) is 10.6 Å². The third kappa shape index (κ3) is 7.35. The molecule has 1 saturated carbocycles. The van der Waals surface area contributed by atoms with Crippen LogP contribution in [0, 0.1) is 5.92 Å². The van der Waals surface area contributed by atoms with E-state index in [0.29, 0.717) is 44.9 Å². The first kappa shape index (κ1) is 24.8. The topological polar surface area (TPSA) is 90.0 Å². The molecule has 2 heterocycles. The van der Waals surface area contributed by atoms with E-state index in [-0.39, 0.29) is 23.4 Å². The highest BCUT2D eigenvalue weighted by atomic mass is 32.1. The largest absolute Gasteiger partial charge is 0.464 e. The van der Waals surface area contributed by atoms with E-state index >= 15 is 0 Å². The Hall–Kier alpha value is -1.85. The average molecular weight is 476 g/mol. The number of carbonyl (C=O) groups is 2. The maximum absolute atomic E-state index is 12.4. The smallest absolute Gasteiger partial charge is 0.294 e. The lowest BCUT2D eigenvalue weighted by Gasteiger charge is -2.36. The summed E-state index contributed by atoms with van der Waals surface area (Å²) in [4.78, 5) is 30.5. The van der Waals surface area contributed by atoms with Crippen LogP contribution in [0.1, 0.15) is 49.1 Å². The Kier molecular flexibility index (Phi) is 9.61. The molecular weight excluding hydrogens is 444 g/mol. The van der Waals surface area contributed by atoms with Crippen LogP contribution < -0.4 is 10.1 Å². The summed E-state index contributed by atoms with van der Waals surface area (Å²) in [6.07, 6.45) is 2.62. The van der Waals surface area contributed by atoms with Crippen LogP contribution in [0.25, 0.3) is 0 Å². The molecule has 1 aliphatic carbocycles. The van der Waals surface area contributed by atoms with Crippen LogP contribution in [0.2, 0.25) is 0 Å². The lowest BCUT2D eigenvalue weighted by atomic mass is 9.83. The zero-order chi connectivity index (χ0) is 22.9. The van der Waals surface area contributed by atoms with E-state index in [4.69, 9.17) is 14.2 Å². The predicted molar refractivity (Wildman–Crippen MR) is 114 cm³/mol. The van der Waals surface area contributed by atoms with Crippen molar-refractivity contribution in [3.63, 3.8) is 0 Å². The molecule has 2 aliphatic rings. The zero-order valence-corrected chi connectivity index (χ0v) is 19.1. The molecule has 1 atom stereocenters. The van der Waals surface area contributed by atoms with Gasteiger partial charge in [-0.2, -0.15) is 0 Å². The number of amides is 1. The highest BCUT2D eigenvalue weighted by Crippen LogP contribution is 2.34. The second-order valence-electron chi connectivity index (χ2n) is 8.22. The third-order valence-electron chi connectivity index (χ3n) is 5.97. The standard InChI is InChI=1S/C21H31F2N3O5S/c1-29-9-7-19(28)24-15-4-2-14(3-5-15)10-20(31-13-27)26-8-6-17-16(11-26)25-21(32-17)30-12-18(22)23/h13-15,18,20H,2-12H2,1H3,(H,24,28)/t14-,15-,20?. The Morgan fingerprint density at radius 1 is 1.34 bits per heavy atom. The van der Waals surface area contributed by atoms with Crippen molar-refractivity contribution in [1.82, 2.24) is 15.2 Å². The molecule has 1 N–H and O–H groups in total. The number of ether oxygens (including phenoxy) is 3. The Morgan fingerprint density at radius 2 is 2.12 bits per heavy atom. The van der Waals surface area contributed by atoms with Gasteiger partial charge in [0.25, 0.3) is 18.1 Å². The van der Waals surface area contributed by atoms with Gasteiger partial charge in [-0.3, -0.25) is 14.5 Å². The van der Waals surface area contributed by atoms with Gasteiger partial charge in [0, 0.05) is 44.0 Å². The number of halogens is 2. The van der Waals surface area contributed by atoms with E-state index in [1.807, 2.05) is 0 Å². The quantitative estimate of drug-likeness (QED) is 0.465. The number of hydrogen-bond donors (Lipinski definition) is 1. The number of fused-ring (bicyclic) bond motifs is 1. The maximum Gasteiger partial charge on any atom is 0.294 e. The van der Waals surface area contributed by atoms with Gasteiger partial charge in [-0.15, -0.1) is 0 Å². The minimum absolute atomic E-state index is 0.0155. The fourth-order valence-corrected chi connectivity index (χ4v) is 5.23. The van der Waals surface area contributed by atoms with Crippen LogP contribution in [0.15, 0.2) is 0 Å². The molecule has 0 aromatic carbocycles. The number of alkyl halides is 2. The molecule has 8 nitrogen and oxygen atoms in total. The van der Waals surface area contributed by atoms with Crippen molar-refractivity contribution >= 4 is 23.7 Å². The van der Waals surface area contributed by atoms with Gasteiger partial charge in [-0.1, -0.05) is 11.3 Å². The number of methoxy groups -OCH3 is 1. The Balaban J connectivity index is 1.49. The van der Waals surface area contributed by atoms with Gasteiger partial charge in [0.1, 0.15) is 0 Å². The fourth-order valence-electron chi connectivity index (χ4n) is 4.31. The van der Waals surface area contributed by atoms with Crippen LogP contribution >= 0.6 is 11.3 Å². The fraction of sp³-hybridized carbons (Fsp3) is 0.762. The number of nitrogens with one attached hydrogen (secondary N) is 1. The summed E-state index contributed by atoms with van der Waals surface area (Å²) in [5.41, 5.74) is 0.799. The van der Waals surface area contributed by atoms with Gasteiger partial charge in [0.15, 0.2) is 12.8 Å². The summed E-state index contributed by atoms with van der Waals surface area (Å²) in [6, 6.07) is 0.181. The number of nitrogens with zero attached hydrogens (tertiary/aromatic N) is 2. The van der Waals surface area contributed by atoms with Crippen LogP contribution in [0.5, 0.6) is 5.19 Å². The summed E-state index contributed by atoms with van der Waals surface area (Å²) in [7, 11) is 1.58. The van der Waals surface area contributed by atoms with E-state index in [0.717, 1.165) is 42.7 Å². The molecule has 3 rings (SSSR count). The first-order chi connectivity index (χ1) is 15.5. The van der Waals surface area contributed by atoms with E-state index in [2.05, 4.69) is 15.2 Å². The lowest BCUT2D eigenvalue weighted by Crippen LogP contribution is -2.43. The summed E-state index contributed by atoms with van der Waals surface area (Å²) in [6.45, 7) is 1.44. The SMILES string of the molecule is COCCC(=O)N[C@H]1CC[C@H](CC(OC=O)N2CCc3sc(OCC(F)F)nc3C2)CC1. The van der Waals surface area contributed by atoms with Crippen molar-refractivity contribution in [3.8, 4) is 5.19 Å². The van der Waals surface area contributed by atoms with Crippen LogP contribution in [0.3, 0.4) is 0 Å². The van der Waals surface area contributed by atoms with Crippen molar-refractivity contribution in [2.75, 3.05) is 26.9 Å². The van der Waals surface area contributed by atoms with Crippen LogP contribution in [-0.2, 0) is 32.0 Å². The van der Waals surface area contributed by atoms with E-state index in [1.54, 1.807) is 7.11 Å². The molecule has 0 saturated heterocycles. The van der Waals surface area contributed by atoms with Crippen LogP contribution in [0.4, 0.5) is 8.78 Å². The highest BCUT2D eigenvalue weighted by Gasteiger charge is 2.31. The molecule has 1 fully saturated rings. The molecular formula is C21H31F2N3O5S. The molecule has 1 unspecified atom stereocenters.